The van der Waals surface area contributed by atoms with Gasteiger partial charge in [-0.25, -0.2) is 9.82 Å². The summed E-state index contributed by atoms with van der Waals surface area (Å²) < 4.78 is 14.5. The van der Waals surface area contributed by atoms with Crippen molar-refractivity contribution in [3.8, 4) is 0 Å². The summed E-state index contributed by atoms with van der Waals surface area (Å²) in [5.41, 5.74) is 3.52. The van der Waals surface area contributed by atoms with Gasteiger partial charge in [0.05, 0.1) is 17.9 Å². The van der Waals surface area contributed by atoms with Gasteiger partial charge in [-0.1, -0.05) is 15.9 Å². The lowest BCUT2D eigenvalue weighted by molar-refractivity contribution is 0.551. The molecular weight excluding hydrogens is 287 g/mol. The van der Waals surface area contributed by atoms with Crippen LogP contribution in [0.3, 0.4) is 0 Å². The summed E-state index contributed by atoms with van der Waals surface area (Å²) in [6.07, 6.45) is 4.63. The van der Waals surface area contributed by atoms with E-state index in [4.69, 9.17) is 5.84 Å². The first kappa shape index (κ1) is 12.1. The highest BCUT2D eigenvalue weighted by Gasteiger charge is 2.18. The molecule has 0 amide bonds. The molecule has 1 heterocycles. The van der Waals surface area contributed by atoms with E-state index >= 15 is 0 Å². The molecule has 88 valence electrons. The largest absolute Gasteiger partial charge is 0.271 e. The Kier molecular flexibility index (Phi) is 3.78. The third-order valence-corrected chi connectivity index (χ3v) is 2.81. The Bertz CT molecular complexity index is 506. The molecule has 0 aliphatic carbocycles. The van der Waals surface area contributed by atoms with Gasteiger partial charge in [0, 0.05) is 22.4 Å². The standard InChI is InChI=1S/C11H10BrFN4/c12-7-1-2-9(13)8(5-7)11(17-14)10-6-15-3-4-16-10/h1-6,11,17H,14H2. The molecule has 6 heteroatoms. The average molecular weight is 297 g/mol. The zero-order valence-corrected chi connectivity index (χ0v) is 10.4. The first-order valence-corrected chi connectivity index (χ1v) is 5.68. The van der Waals surface area contributed by atoms with E-state index in [1.165, 1.54) is 12.3 Å². The molecule has 2 rings (SSSR count). The van der Waals surface area contributed by atoms with Gasteiger partial charge in [-0.3, -0.25) is 15.8 Å². The average Bonchev–Trinajstić information content (AvgIpc) is 2.36. The van der Waals surface area contributed by atoms with Crippen LogP contribution in [0.15, 0.2) is 41.3 Å². The van der Waals surface area contributed by atoms with Crippen LogP contribution in [0.4, 0.5) is 4.39 Å². The number of aromatic nitrogens is 2. The molecule has 1 aromatic carbocycles. The lowest BCUT2D eigenvalue weighted by Gasteiger charge is -2.16. The number of hydrogen-bond acceptors (Lipinski definition) is 4. The quantitative estimate of drug-likeness (QED) is 0.671. The zero-order chi connectivity index (χ0) is 12.3. The van der Waals surface area contributed by atoms with E-state index in [2.05, 4.69) is 31.3 Å². The summed E-state index contributed by atoms with van der Waals surface area (Å²) in [7, 11) is 0. The van der Waals surface area contributed by atoms with E-state index in [1.54, 1.807) is 24.5 Å². The van der Waals surface area contributed by atoms with Crippen LogP contribution in [-0.2, 0) is 0 Å². The maximum Gasteiger partial charge on any atom is 0.128 e. The number of hydrazine groups is 1. The van der Waals surface area contributed by atoms with E-state index in [0.717, 1.165) is 4.47 Å². The topological polar surface area (TPSA) is 63.8 Å². The van der Waals surface area contributed by atoms with Crippen molar-refractivity contribution in [2.45, 2.75) is 6.04 Å². The molecule has 1 unspecified atom stereocenters. The molecular formula is C11H10BrFN4. The number of halogens is 2. The molecule has 17 heavy (non-hydrogen) atoms. The fourth-order valence-corrected chi connectivity index (χ4v) is 1.91. The second kappa shape index (κ2) is 5.31. The van der Waals surface area contributed by atoms with Crippen LogP contribution < -0.4 is 11.3 Å². The van der Waals surface area contributed by atoms with Crippen LogP contribution in [0.25, 0.3) is 0 Å². The fraction of sp³-hybridized carbons (Fsp3) is 0.0909. The number of nitrogens with zero attached hydrogens (tertiary/aromatic N) is 2. The highest BCUT2D eigenvalue weighted by atomic mass is 79.9. The van der Waals surface area contributed by atoms with Crippen molar-refractivity contribution in [2.75, 3.05) is 0 Å². The SMILES string of the molecule is NNC(c1cnccn1)c1cc(Br)ccc1F. The summed E-state index contributed by atoms with van der Waals surface area (Å²) in [5, 5.41) is 0. The summed E-state index contributed by atoms with van der Waals surface area (Å²) in [4.78, 5) is 8.05. The van der Waals surface area contributed by atoms with Gasteiger partial charge in [0.2, 0.25) is 0 Å². The maximum absolute atomic E-state index is 13.7. The highest BCUT2D eigenvalue weighted by Crippen LogP contribution is 2.24. The number of hydrogen-bond donors (Lipinski definition) is 2. The monoisotopic (exact) mass is 296 g/mol. The Morgan fingerprint density at radius 1 is 1.35 bits per heavy atom. The van der Waals surface area contributed by atoms with Crippen molar-refractivity contribution in [1.82, 2.24) is 15.4 Å². The molecule has 0 radical (unpaired) electrons. The predicted octanol–water partition coefficient (Wildman–Crippen LogP) is 1.93. The molecule has 3 N–H and O–H groups in total. The van der Waals surface area contributed by atoms with Crippen LogP contribution in [0, 0.1) is 5.82 Å². The number of nitrogens with one attached hydrogen (secondary N) is 1. The smallest absolute Gasteiger partial charge is 0.128 e. The van der Waals surface area contributed by atoms with Gasteiger partial charge in [0.1, 0.15) is 5.82 Å². The minimum atomic E-state index is -0.527. The molecule has 0 aliphatic heterocycles. The van der Waals surface area contributed by atoms with Crippen LogP contribution in [0.5, 0.6) is 0 Å². The van der Waals surface area contributed by atoms with Crippen molar-refractivity contribution in [1.29, 1.82) is 0 Å². The number of nitrogens with two attached hydrogens (primary N) is 1. The van der Waals surface area contributed by atoms with Crippen LogP contribution >= 0.6 is 15.9 Å². The second-order valence-corrected chi connectivity index (χ2v) is 4.31. The first-order chi connectivity index (χ1) is 8.22. The van der Waals surface area contributed by atoms with Crippen molar-refractivity contribution in [2.24, 2.45) is 5.84 Å². The Hall–Kier alpha value is -1.37. The maximum atomic E-state index is 13.7. The van der Waals surface area contributed by atoms with Crippen LogP contribution in [0.1, 0.15) is 17.3 Å². The van der Waals surface area contributed by atoms with Crippen molar-refractivity contribution in [3.05, 3.63) is 58.3 Å². The van der Waals surface area contributed by atoms with Crippen molar-refractivity contribution in [3.63, 3.8) is 0 Å². The van der Waals surface area contributed by atoms with Gasteiger partial charge in [-0.15, -0.1) is 0 Å². The molecule has 4 nitrogen and oxygen atoms in total. The third kappa shape index (κ3) is 2.66. The van der Waals surface area contributed by atoms with Crippen LogP contribution in [0.2, 0.25) is 0 Å². The van der Waals surface area contributed by atoms with Crippen molar-refractivity contribution >= 4 is 15.9 Å². The van der Waals surface area contributed by atoms with E-state index in [0.29, 0.717) is 11.3 Å². The molecule has 1 aromatic heterocycles. The fourth-order valence-electron chi connectivity index (χ4n) is 1.53. The lowest BCUT2D eigenvalue weighted by Crippen LogP contribution is -2.30. The molecule has 0 saturated carbocycles. The summed E-state index contributed by atoms with van der Waals surface area (Å²) in [6.45, 7) is 0. The molecule has 1 atom stereocenters. The van der Waals surface area contributed by atoms with Gasteiger partial charge in [-0.2, -0.15) is 0 Å². The minimum Gasteiger partial charge on any atom is -0.271 e. The molecule has 0 saturated heterocycles. The first-order valence-electron chi connectivity index (χ1n) is 4.89. The van der Waals surface area contributed by atoms with Crippen molar-refractivity contribution < 1.29 is 4.39 Å². The van der Waals surface area contributed by atoms with Crippen LogP contribution in [-0.4, -0.2) is 9.97 Å². The predicted molar refractivity (Wildman–Crippen MR) is 65.3 cm³/mol. The Morgan fingerprint density at radius 2 is 2.18 bits per heavy atom. The van der Waals surface area contributed by atoms with Gasteiger partial charge >= 0.3 is 0 Å². The molecule has 0 spiro atoms. The van der Waals surface area contributed by atoms with Gasteiger partial charge in [-0.05, 0) is 18.2 Å². The number of benzene rings is 1. The van der Waals surface area contributed by atoms with Gasteiger partial charge in [0.25, 0.3) is 0 Å². The summed E-state index contributed by atoms with van der Waals surface area (Å²) in [5.74, 6) is 5.11. The van der Waals surface area contributed by atoms with E-state index < -0.39 is 6.04 Å². The molecule has 0 fully saturated rings. The summed E-state index contributed by atoms with van der Waals surface area (Å²) in [6, 6.07) is 4.14. The normalized spacial score (nSPS) is 12.4. The molecule has 2 aromatic rings. The highest BCUT2D eigenvalue weighted by molar-refractivity contribution is 9.10. The third-order valence-electron chi connectivity index (χ3n) is 2.31. The van der Waals surface area contributed by atoms with Gasteiger partial charge < -0.3 is 0 Å². The Balaban J connectivity index is 2.46. The van der Waals surface area contributed by atoms with E-state index in [9.17, 15) is 4.39 Å². The zero-order valence-electron chi connectivity index (χ0n) is 8.77. The van der Waals surface area contributed by atoms with E-state index in [-0.39, 0.29) is 5.82 Å². The molecule has 0 bridgehead atoms. The lowest BCUT2D eigenvalue weighted by atomic mass is 10.0. The van der Waals surface area contributed by atoms with E-state index in [1.807, 2.05) is 0 Å². The minimum absolute atomic E-state index is 0.346. The number of rotatable bonds is 3. The Morgan fingerprint density at radius 3 is 2.82 bits per heavy atom. The summed E-state index contributed by atoms with van der Waals surface area (Å²) >= 11 is 3.30. The second-order valence-electron chi connectivity index (χ2n) is 3.40. The molecule has 0 aliphatic rings. The van der Waals surface area contributed by atoms with Gasteiger partial charge in [0.15, 0.2) is 0 Å². The Labute approximate surface area is 106 Å².